The molecule has 1 aliphatic rings. The first-order valence-corrected chi connectivity index (χ1v) is 7.16. The van der Waals surface area contributed by atoms with Crippen molar-refractivity contribution >= 4 is 5.96 Å². The molecule has 1 fully saturated rings. The Morgan fingerprint density at radius 3 is 2.53 bits per heavy atom. The van der Waals surface area contributed by atoms with E-state index in [-0.39, 0.29) is 0 Å². The molecule has 0 radical (unpaired) electrons. The van der Waals surface area contributed by atoms with Gasteiger partial charge in [-0.3, -0.25) is 4.99 Å². The molecule has 0 atom stereocenters. The van der Waals surface area contributed by atoms with Gasteiger partial charge in [0.2, 0.25) is 0 Å². The minimum Gasteiger partial charge on any atom is -0.357 e. The first-order chi connectivity index (χ1) is 8.13. The molecular weight excluding hydrogens is 210 g/mol. The van der Waals surface area contributed by atoms with Crippen LogP contribution in [0.4, 0.5) is 0 Å². The Morgan fingerprint density at radius 1 is 1.35 bits per heavy atom. The number of hydrogen-bond acceptors (Lipinski definition) is 1. The predicted octanol–water partition coefficient (Wildman–Crippen LogP) is 2.73. The summed E-state index contributed by atoms with van der Waals surface area (Å²) in [7, 11) is 0. The van der Waals surface area contributed by atoms with Crippen LogP contribution in [0.5, 0.6) is 0 Å². The first-order valence-electron chi connectivity index (χ1n) is 7.16. The van der Waals surface area contributed by atoms with Crippen molar-refractivity contribution in [3.8, 4) is 0 Å². The van der Waals surface area contributed by atoms with E-state index >= 15 is 0 Å². The molecule has 1 saturated heterocycles. The molecule has 17 heavy (non-hydrogen) atoms. The van der Waals surface area contributed by atoms with Crippen LogP contribution in [-0.4, -0.2) is 37.0 Å². The van der Waals surface area contributed by atoms with Crippen LogP contribution >= 0.6 is 0 Å². The van der Waals surface area contributed by atoms with Gasteiger partial charge in [-0.05, 0) is 38.0 Å². The van der Waals surface area contributed by atoms with Gasteiger partial charge in [-0.1, -0.05) is 20.8 Å². The molecule has 0 bridgehead atoms. The number of nitrogens with zero attached hydrogens (tertiary/aromatic N) is 2. The highest BCUT2D eigenvalue weighted by Crippen LogP contribution is 2.16. The van der Waals surface area contributed by atoms with Crippen molar-refractivity contribution in [2.75, 3.05) is 26.2 Å². The Balaban J connectivity index is 2.46. The third-order valence-corrected chi connectivity index (χ3v) is 3.39. The van der Waals surface area contributed by atoms with Crippen LogP contribution < -0.4 is 5.32 Å². The van der Waals surface area contributed by atoms with Crippen molar-refractivity contribution in [1.29, 1.82) is 0 Å². The molecule has 1 aliphatic heterocycles. The molecule has 1 rings (SSSR count). The second-order valence-corrected chi connectivity index (χ2v) is 5.59. The SMILES string of the molecule is CCNC(=NCCC(C)C)N1CCC(C)CC1. The molecule has 100 valence electrons. The summed E-state index contributed by atoms with van der Waals surface area (Å²) in [5.74, 6) is 2.74. The molecule has 0 aromatic carbocycles. The van der Waals surface area contributed by atoms with E-state index < -0.39 is 0 Å². The van der Waals surface area contributed by atoms with Gasteiger partial charge in [-0.25, -0.2) is 0 Å². The predicted molar refractivity (Wildman–Crippen MR) is 75.4 cm³/mol. The van der Waals surface area contributed by atoms with Gasteiger partial charge in [0.1, 0.15) is 0 Å². The average Bonchev–Trinajstić information content (AvgIpc) is 2.29. The van der Waals surface area contributed by atoms with E-state index in [1.807, 2.05) is 0 Å². The van der Waals surface area contributed by atoms with Crippen molar-refractivity contribution < 1.29 is 0 Å². The lowest BCUT2D eigenvalue weighted by Gasteiger charge is -2.33. The van der Waals surface area contributed by atoms with Gasteiger partial charge in [0.05, 0.1) is 0 Å². The number of piperidine rings is 1. The number of rotatable bonds is 4. The molecule has 3 heteroatoms. The first kappa shape index (κ1) is 14.3. The summed E-state index contributed by atoms with van der Waals surface area (Å²) in [4.78, 5) is 7.15. The fraction of sp³-hybridized carbons (Fsp3) is 0.929. The maximum Gasteiger partial charge on any atom is 0.193 e. The average molecular weight is 239 g/mol. The molecule has 0 aromatic rings. The van der Waals surface area contributed by atoms with Crippen LogP contribution in [0.25, 0.3) is 0 Å². The van der Waals surface area contributed by atoms with Crippen LogP contribution in [0.1, 0.15) is 47.0 Å². The lowest BCUT2D eigenvalue weighted by molar-refractivity contribution is 0.273. The van der Waals surface area contributed by atoms with E-state index in [2.05, 4.69) is 37.9 Å². The van der Waals surface area contributed by atoms with Crippen LogP contribution in [0.3, 0.4) is 0 Å². The second-order valence-electron chi connectivity index (χ2n) is 5.59. The maximum absolute atomic E-state index is 4.73. The molecule has 1 heterocycles. The summed E-state index contributed by atoms with van der Waals surface area (Å²) in [6.07, 6.45) is 3.78. The van der Waals surface area contributed by atoms with Crippen molar-refractivity contribution in [1.82, 2.24) is 10.2 Å². The smallest absolute Gasteiger partial charge is 0.193 e. The molecule has 1 N–H and O–H groups in total. The molecule has 0 aromatic heterocycles. The Labute approximate surface area is 107 Å². The van der Waals surface area contributed by atoms with Gasteiger partial charge in [0.15, 0.2) is 5.96 Å². The summed E-state index contributed by atoms with van der Waals surface area (Å²) in [6, 6.07) is 0. The molecule has 3 nitrogen and oxygen atoms in total. The summed E-state index contributed by atoms with van der Waals surface area (Å²) < 4.78 is 0. The van der Waals surface area contributed by atoms with Crippen LogP contribution in [0, 0.1) is 11.8 Å². The number of guanidine groups is 1. The van der Waals surface area contributed by atoms with Gasteiger partial charge >= 0.3 is 0 Å². The lowest BCUT2D eigenvalue weighted by Crippen LogP contribution is -2.45. The summed E-state index contributed by atoms with van der Waals surface area (Å²) in [6.45, 7) is 13.2. The summed E-state index contributed by atoms with van der Waals surface area (Å²) in [5, 5.41) is 3.42. The van der Waals surface area contributed by atoms with Crippen molar-refractivity contribution in [3.05, 3.63) is 0 Å². The zero-order valence-corrected chi connectivity index (χ0v) is 12.0. The zero-order chi connectivity index (χ0) is 12.7. The molecule has 0 spiro atoms. The normalized spacial score (nSPS) is 18.9. The van der Waals surface area contributed by atoms with Crippen molar-refractivity contribution in [2.45, 2.75) is 47.0 Å². The molecular formula is C14H29N3. The highest BCUT2D eigenvalue weighted by Gasteiger charge is 2.18. The second kappa shape index (κ2) is 7.57. The topological polar surface area (TPSA) is 27.6 Å². The van der Waals surface area contributed by atoms with E-state index in [1.165, 1.54) is 19.3 Å². The van der Waals surface area contributed by atoms with Crippen molar-refractivity contribution in [3.63, 3.8) is 0 Å². The zero-order valence-electron chi connectivity index (χ0n) is 12.0. The monoisotopic (exact) mass is 239 g/mol. The third kappa shape index (κ3) is 5.42. The fourth-order valence-corrected chi connectivity index (χ4v) is 2.07. The summed E-state index contributed by atoms with van der Waals surface area (Å²) >= 11 is 0. The Bertz CT molecular complexity index is 228. The van der Waals surface area contributed by atoms with Crippen molar-refractivity contribution in [2.24, 2.45) is 16.8 Å². The Morgan fingerprint density at radius 2 is 2.00 bits per heavy atom. The van der Waals surface area contributed by atoms with Crippen LogP contribution in [0.15, 0.2) is 4.99 Å². The minimum absolute atomic E-state index is 0.739. The van der Waals surface area contributed by atoms with Gasteiger partial charge in [0, 0.05) is 26.2 Å². The summed E-state index contributed by atoms with van der Waals surface area (Å²) in [5.41, 5.74) is 0. The molecule has 0 unspecified atom stereocenters. The van der Waals surface area contributed by atoms with E-state index in [4.69, 9.17) is 4.99 Å². The highest BCUT2D eigenvalue weighted by atomic mass is 15.3. The quantitative estimate of drug-likeness (QED) is 0.603. The standard InChI is InChI=1S/C14H29N3/c1-5-15-14(16-9-6-12(2)3)17-10-7-13(4)8-11-17/h12-13H,5-11H2,1-4H3,(H,15,16). The van der Waals surface area contributed by atoms with Gasteiger partial charge in [0.25, 0.3) is 0 Å². The minimum atomic E-state index is 0.739. The van der Waals surface area contributed by atoms with E-state index in [9.17, 15) is 0 Å². The lowest BCUT2D eigenvalue weighted by atomic mass is 10.00. The van der Waals surface area contributed by atoms with E-state index in [1.54, 1.807) is 0 Å². The third-order valence-electron chi connectivity index (χ3n) is 3.39. The maximum atomic E-state index is 4.73. The fourth-order valence-electron chi connectivity index (χ4n) is 2.07. The highest BCUT2D eigenvalue weighted by molar-refractivity contribution is 5.80. The van der Waals surface area contributed by atoms with Gasteiger partial charge in [-0.15, -0.1) is 0 Å². The Kier molecular flexibility index (Phi) is 6.38. The number of aliphatic imine (C=N–C) groups is 1. The number of likely N-dealkylation sites (tertiary alicyclic amines) is 1. The van der Waals surface area contributed by atoms with E-state index in [0.717, 1.165) is 44.0 Å². The molecule has 0 amide bonds. The number of nitrogens with one attached hydrogen (secondary N) is 1. The molecule has 0 aliphatic carbocycles. The van der Waals surface area contributed by atoms with E-state index in [0.29, 0.717) is 0 Å². The van der Waals surface area contributed by atoms with Crippen LogP contribution in [0.2, 0.25) is 0 Å². The number of hydrogen-bond donors (Lipinski definition) is 1. The van der Waals surface area contributed by atoms with Gasteiger partial charge < -0.3 is 10.2 Å². The largest absolute Gasteiger partial charge is 0.357 e. The Hall–Kier alpha value is -0.730. The van der Waals surface area contributed by atoms with Gasteiger partial charge in [-0.2, -0.15) is 0 Å². The van der Waals surface area contributed by atoms with Crippen LogP contribution in [-0.2, 0) is 0 Å². The molecule has 0 saturated carbocycles.